The van der Waals surface area contributed by atoms with Crippen molar-refractivity contribution in [1.29, 1.82) is 0 Å². The van der Waals surface area contributed by atoms with Crippen LogP contribution in [0.1, 0.15) is 24.3 Å². The van der Waals surface area contributed by atoms with Crippen LogP contribution in [-0.2, 0) is 4.79 Å². The molecule has 1 saturated heterocycles. The van der Waals surface area contributed by atoms with E-state index in [4.69, 9.17) is 5.53 Å². The molecule has 1 aromatic rings. The second kappa shape index (κ2) is 5.51. The Kier molecular flexibility index (Phi) is 3.79. The van der Waals surface area contributed by atoms with Gasteiger partial charge in [0.05, 0.1) is 0 Å². The maximum Gasteiger partial charge on any atom is 0.229 e. The van der Waals surface area contributed by atoms with Gasteiger partial charge in [-0.15, -0.1) is 0 Å². The van der Waals surface area contributed by atoms with Crippen molar-refractivity contribution in [3.63, 3.8) is 0 Å². The molecule has 1 amide bonds. The van der Waals surface area contributed by atoms with Gasteiger partial charge in [0.2, 0.25) is 5.91 Å². The van der Waals surface area contributed by atoms with Crippen LogP contribution in [0.2, 0.25) is 0 Å². The van der Waals surface area contributed by atoms with Gasteiger partial charge in [-0.05, 0) is 36.1 Å². The molecule has 1 aliphatic heterocycles. The Morgan fingerprint density at radius 2 is 2.06 bits per heavy atom. The van der Waals surface area contributed by atoms with E-state index in [1.807, 2.05) is 0 Å². The van der Waals surface area contributed by atoms with E-state index in [0.29, 0.717) is 13.0 Å². The molecule has 1 aromatic carbocycles. The average molecular weight is 248 g/mol. The number of benzene rings is 1. The van der Waals surface area contributed by atoms with Crippen LogP contribution in [0.4, 0.5) is 4.39 Å². The topological polar surface area (TPSA) is 77.9 Å². The number of azide groups is 1. The zero-order chi connectivity index (χ0) is 13.0. The smallest absolute Gasteiger partial charge is 0.229 e. The lowest BCUT2D eigenvalue weighted by Crippen LogP contribution is -2.32. The average Bonchev–Trinajstić information content (AvgIpc) is 2.55. The summed E-state index contributed by atoms with van der Waals surface area (Å²) in [5.74, 6) is -0.380. The van der Waals surface area contributed by atoms with Crippen molar-refractivity contribution in [2.24, 2.45) is 5.11 Å². The highest BCUT2D eigenvalue weighted by atomic mass is 19.1. The van der Waals surface area contributed by atoms with Gasteiger partial charge in [-0.25, -0.2) is 4.39 Å². The van der Waals surface area contributed by atoms with Crippen LogP contribution < -0.4 is 5.32 Å². The Morgan fingerprint density at radius 3 is 2.72 bits per heavy atom. The van der Waals surface area contributed by atoms with Crippen molar-refractivity contribution >= 4 is 5.91 Å². The summed E-state index contributed by atoms with van der Waals surface area (Å²) >= 11 is 0. The molecular weight excluding hydrogens is 235 g/mol. The van der Waals surface area contributed by atoms with Crippen molar-refractivity contribution in [1.82, 2.24) is 5.32 Å². The van der Waals surface area contributed by atoms with Gasteiger partial charge >= 0.3 is 0 Å². The predicted molar refractivity (Wildman–Crippen MR) is 64.3 cm³/mol. The standard InChI is InChI=1S/C12H13FN4O/c13-10-4-1-8(2-5-10)9-3-6-11(16-17-14)12(18)15-7-9/h1-2,4-5,9,11H,3,6-7H2,(H,15,18)/t9-,11+/m1/s1. The second-order valence-corrected chi connectivity index (χ2v) is 4.29. The van der Waals surface area contributed by atoms with Gasteiger partial charge in [0.25, 0.3) is 0 Å². The summed E-state index contributed by atoms with van der Waals surface area (Å²) in [6.45, 7) is 0.488. The molecule has 0 spiro atoms. The number of nitrogens with zero attached hydrogens (tertiary/aromatic N) is 3. The molecule has 0 radical (unpaired) electrons. The number of halogens is 1. The maximum absolute atomic E-state index is 12.8. The van der Waals surface area contributed by atoms with Crippen LogP contribution in [0, 0.1) is 5.82 Å². The Hall–Kier alpha value is -2.07. The van der Waals surface area contributed by atoms with E-state index in [9.17, 15) is 9.18 Å². The normalized spacial score (nSPS) is 23.7. The molecule has 2 rings (SSSR count). The summed E-state index contributed by atoms with van der Waals surface area (Å²) in [5, 5.41) is 6.22. The molecule has 1 N–H and O–H groups in total. The number of carbonyl (C=O) groups excluding carboxylic acids is 1. The lowest BCUT2D eigenvalue weighted by Gasteiger charge is -2.14. The van der Waals surface area contributed by atoms with Gasteiger partial charge in [0.1, 0.15) is 11.9 Å². The minimum atomic E-state index is -0.638. The molecule has 0 saturated carbocycles. The van der Waals surface area contributed by atoms with Crippen molar-refractivity contribution in [2.45, 2.75) is 24.8 Å². The zero-order valence-corrected chi connectivity index (χ0v) is 9.71. The van der Waals surface area contributed by atoms with Crippen LogP contribution in [0.25, 0.3) is 10.4 Å². The Morgan fingerprint density at radius 1 is 1.33 bits per heavy atom. The van der Waals surface area contributed by atoms with Crippen molar-refractivity contribution < 1.29 is 9.18 Å². The number of hydrogen-bond donors (Lipinski definition) is 1. The van der Waals surface area contributed by atoms with Crippen LogP contribution >= 0.6 is 0 Å². The first-order valence-corrected chi connectivity index (χ1v) is 5.78. The molecule has 0 bridgehead atoms. The van der Waals surface area contributed by atoms with Crippen LogP contribution in [-0.4, -0.2) is 18.5 Å². The number of rotatable bonds is 2. The molecule has 2 atom stereocenters. The Bertz CT molecular complexity index is 481. The minimum Gasteiger partial charge on any atom is -0.355 e. The molecule has 6 heteroatoms. The van der Waals surface area contributed by atoms with Crippen LogP contribution in [0.3, 0.4) is 0 Å². The fourth-order valence-corrected chi connectivity index (χ4v) is 2.13. The fraction of sp³-hybridized carbons (Fsp3) is 0.417. The third-order valence-corrected chi connectivity index (χ3v) is 3.15. The van der Waals surface area contributed by atoms with E-state index in [1.54, 1.807) is 12.1 Å². The van der Waals surface area contributed by atoms with Gasteiger partial charge in [-0.3, -0.25) is 4.79 Å². The third-order valence-electron chi connectivity index (χ3n) is 3.15. The maximum atomic E-state index is 12.8. The first-order valence-electron chi connectivity index (χ1n) is 5.78. The molecular formula is C12H13FN4O. The second-order valence-electron chi connectivity index (χ2n) is 4.29. The molecule has 0 unspecified atom stereocenters. The summed E-state index contributed by atoms with van der Waals surface area (Å²) in [5.41, 5.74) is 9.36. The summed E-state index contributed by atoms with van der Waals surface area (Å²) in [7, 11) is 0. The highest BCUT2D eigenvalue weighted by molar-refractivity contribution is 5.82. The molecule has 18 heavy (non-hydrogen) atoms. The zero-order valence-electron chi connectivity index (χ0n) is 9.71. The summed E-state index contributed by atoms with van der Waals surface area (Å²) in [4.78, 5) is 14.3. The van der Waals surface area contributed by atoms with Crippen molar-refractivity contribution in [3.8, 4) is 0 Å². The monoisotopic (exact) mass is 248 g/mol. The van der Waals surface area contributed by atoms with Gasteiger partial charge in [-0.1, -0.05) is 17.2 Å². The van der Waals surface area contributed by atoms with E-state index in [-0.39, 0.29) is 17.6 Å². The van der Waals surface area contributed by atoms with E-state index < -0.39 is 6.04 Å². The highest BCUT2D eigenvalue weighted by Gasteiger charge is 2.24. The van der Waals surface area contributed by atoms with Gasteiger partial charge in [0, 0.05) is 17.4 Å². The predicted octanol–water partition coefficient (Wildman–Crippen LogP) is 2.50. The van der Waals surface area contributed by atoms with E-state index >= 15 is 0 Å². The SMILES string of the molecule is [N-]=[N+]=N[C@H]1CC[C@@H](c2ccc(F)cc2)CNC1=O. The first-order chi connectivity index (χ1) is 8.70. The molecule has 1 heterocycles. The number of amides is 1. The molecule has 1 aliphatic rings. The van der Waals surface area contributed by atoms with Gasteiger partial charge < -0.3 is 5.32 Å². The summed E-state index contributed by atoms with van der Waals surface area (Å²) in [6.07, 6.45) is 1.24. The van der Waals surface area contributed by atoms with Crippen molar-refractivity contribution in [3.05, 3.63) is 46.1 Å². The molecule has 1 fully saturated rings. The van der Waals surface area contributed by atoms with Gasteiger partial charge in [0.15, 0.2) is 0 Å². The molecule has 0 aromatic heterocycles. The molecule has 94 valence electrons. The summed E-state index contributed by atoms with van der Waals surface area (Å²) < 4.78 is 12.8. The third kappa shape index (κ3) is 2.78. The van der Waals surface area contributed by atoms with Gasteiger partial charge in [-0.2, -0.15) is 0 Å². The Labute approximate surface area is 104 Å². The first kappa shape index (κ1) is 12.4. The van der Waals surface area contributed by atoms with E-state index in [2.05, 4.69) is 15.3 Å². The largest absolute Gasteiger partial charge is 0.355 e. The van der Waals surface area contributed by atoms with Crippen molar-refractivity contribution in [2.75, 3.05) is 6.54 Å². The summed E-state index contributed by atoms with van der Waals surface area (Å²) in [6, 6.07) is 5.63. The lowest BCUT2D eigenvalue weighted by molar-refractivity contribution is -0.122. The molecule has 0 aliphatic carbocycles. The Balaban J connectivity index is 2.11. The van der Waals surface area contributed by atoms with E-state index in [1.165, 1.54) is 12.1 Å². The number of nitrogens with one attached hydrogen (secondary N) is 1. The lowest BCUT2D eigenvalue weighted by atomic mass is 9.94. The number of carbonyl (C=O) groups is 1. The van der Waals surface area contributed by atoms with Crippen LogP contribution in [0.5, 0.6) is 0 Å². The highest BCUT2D eigenvalue weighted by Crippen LogP contribution is 2.24. The molecule has 5 nitrogen and oxygen atoms in total. The van der Waals surface area contributed by atoms with Crippen LogP contribution in [0.15, 0.2) is 29.4 Å². The minimum absolute atomic E-state index is 0.133. The number of hydrogen-bond acceptors (Lipinski definition) is 2. The van der Waals surface area contributed by atoms with E-state index in [0.717, 1.165) is 12.0 Å². The quantitative estimate of drug-likeness (QED) is 0.487. The fourth-order valence-electron chi connectivity index (χ4n) is 2.13.